The van der Waals surface area contributed by atoms with Crippen LogP contribution in [0, 0.1) is 11.8 Å². The van der Waals surface area contributed by atoms with E-state index in [2.05, 4.69) is 0 Å². The third-order valence-corrected chi connectivity index (χ3v) is 4.80. The van der Waals surface area contributed by atoms with Gasteiger partial charge in [0, 0.05) is 6.54 Å². The van der Waals surface area contributed by atoms with Crippen molar-refractivity contribution in [1.29, 1.82) is 0 Å². The maximum atomic E-state index is 11.7. The van der Waals surface area contributed by atoms with Gasteiger partial charge in [0.05, 0.1) is 18.4 Å². The van der Waals surface area contributed by atoms with Crippen LogP contribution in [0.5, 0.6) is 0 Å². The van der Waals surface area contributed by atoms with Gasteiger partial charge >= 0.3 is 0 Å². The Morgan fingerprint density at radius 2 is 2.07 bits per heavy atom. The molecular weight excluding hydrogens is 202 g/mol. The minimum atomic E-state index is -3.12. The molecule has 2 unspecified atom stereocenters. The lowest BCUT2D eigenvalue weighted by Gasteiger charge is -2.27. The molecule has 4 nitrogen and oxygen atoms in total. The third-order valence-electron chi connectivity index (χ3n) is 2.67. The number of nitrogens with zero attached hydrogens (tertiary/aromatic N) is 1. The van der Waals surface area contributed by atoms with Gasteiger partial charge in [0.15, 0.2) is 0 Å². The molecule has 1 fully saturated rings. The Hall–Kier alpha value is -0.130. The van der Waals surface area contributed by atoms with Crippen LogP contribution in [-0.4, -0.2) is 42.8 Å². The Morgan fingerprint density at radius 3 is 2.36 bits per heavy atom. The number of hydrogen-bond donors (Lipinski definition) is 1. The molecule has 1 saturated heterocycles. The summed E-state index contributed by atoms with van der Waals surface area (Å²) in [6, 6.07) is -0.259. The molecule has 5 heteroatoms. The second kappa shape index (κ2) is 4.16. The van der Waals surface area contributed by atoms with Gasteiger partial charge in [0.2, 0.25) is 10.0 Å². The van der Waals surface area contributed by atoms with E-state index in [9.17, 15) is 8.42 Å². The highest BCUT2D eigenvalue weighted by Crippen LogP contribution is 2.24. The standard InChI is InChI=1S/C9H19NO3S/c1-7(2)9(5-11)10-4-8(3)6-14(10,12)13/h7-9,11H,4-6H2,1-3H3. The summed E-state index contributed by atoms with van der Waals surface area (Å²) in [6.07, 6.45) is 0. The van der Waals surface area contributed by atoms with Crippen LogP contribution in [0.4, 0.5) is 0 Å². The maximum Gasteiger partial charge on any atom is 0.214 e. The molecule has 0 aromatic heterocycles. The van der Waals surface area contributed by atoms with Crippen molar-refractivity contribution in [3.63, 3.8) is 0 Å². The molecule has 1 aliphatic rings. The number of aliphatic hydroxyl groups excluding tert-OH is 1. The highest BCUT2D eigenvalue weighted by atomic mass is 32.2. The average Bonchev–Trinajstić information content (AvgIpc) is 2.26. The lowest BCUT2D eigenvalue weighted by atomic mass is 10.0. The molecule has 1 aliphatic heterocycles. The van der Waals surface area contributed by atoms with Crippen molar-refractivity contribution in [3.05, 3.63) is 0 Å². The Kier molecular flexibility index (Phi) is 3.55. The second-order valence-corrected chi connectivity index (χ2v) is 6.41. The molecule has 0 bridgehead atoms. The number of hydrogen-bond acceptors (Lipinski definition) is 3. The van der Waals surface area contributed by atoms with Gasteiger partial charge in [-0.25, -0.2) is 8.42 Å². The van der Waals surface area contributed by atoms with Crippen LogP contribution in [-0.2, 0) is 10.0 Å². The summed E-state index contributed by atoms with van der Waals surface area (Å²) in [7, 11) is -3.12. The molecule has 84 valence electrons. The smallest absolute Gasteiger partial charge is 0.214 e. The van der Waals surface area contributed by atoms with Crippen LogP contribution in [0.1, 0.15) is 20.8 Å². The van der Waals surface area contributed by atoms with Gasteiger partial charge in [-0.1, -0.05) is 20.8 Å². The maximum absolute atomic E-state index is 11.7. The first-order chi connectivity index (χ1) is 6.38. The highest BCUT2D eigenvalue weighted by molar-refractivity contribution is 7.89. The first kappa shape index (κ1) is 11.9. The van der Waals surface area contributed by atoms with Crippen LogP contribution in [0.25, 0.3) is 0 Å². The first-order valence-electron chi connectivity index (χ1n) is 4.99. The summed E-state index contributed by atoms with van der Waals surface area (Å²) in [4.78, 5) is 0. The fourth-order valence-corrected chi connectivity index (χ4v) is 4.13. The Balaban J connectivity index is 2.86. The van der Waals surface area contributed by atoms with Crippen LogP contribution in [0.15, 0.2) is 0 Å². The lowest BCUT2D eigenvalue weighted by molar-refractivity contribution is 0.153. The third kappa shape index (κ3) is 2.27. The van der Waals surface area contributed by atoms with Gasteiger partial charge in [-0.15, -0.1) is 0 Å². The monoisotopic (exact) mass is 221 g/mol. The second-order valence-electron chi connectivity index (χ2n) is 4.45. The Labute approximate surface area is 86.0 Å². The summed E-state index contributed by atoms with van der Waals surface area (Å²) >= 11 is 0. The average molecular weight is 221 g/mol. The van der Waals surface area contributed by atoms with Crippen LogP contribution in [0.2, 0.25) is 0 Å². The van der Waals surface area contributed by atoms with E-state index in [-0.39, 0.29) is 30.2 Å². The SMILES string of the molecule is CC1CN(C(CO)C(C)C)S(=O)(=O)C1. The van der Waals surface area contributed by atoms with Crippen LogP contribution >= 0.6 is 0 Å². The lowest BCUT2D eigenvalue weighted by Crippen LogP contribution is -2.42. The summed E-state index contributed by atoms with van der Waals surface area (Å²) in [5, 5.41) is 9.17. The molecule has 1 heterocycles. The van der Waals surface area contributed by atoms with E-state index in [4.69, 9.17) is 5.11 Å². The molecular formula is C9H19NO3S. The number of sulfonamides is 1. The number of aliphatic hydroxyl groups is 1. The van der Waals surface area contributed by atoms with E-state index in [1.807, 2.05) is 20.8 Å². The molecule has 1 rings (SSSR count). The van der Waals surface area contributed by atoms with Crippen molar-refractivity contribution in [3.8, 4) is 0 Å². The summed E-state index contributed by atoms with van der Waals surface area (Å²) < 4.78 is 24.8. The van der Waals surface area contributed by atoms with E-state index in [0.717, 1.165) is 0 Å². The molecule has 0 radical (unpaired) electrons. The minimum Gasteiger partial charge on any atom is -0.395 e. The normalized spacial score (nSPS) is 29.6. The highest BCUT2D eigenvalue weighted by Gasteiger charge is 2.39. The summed E-state index contributed by atoms with van der Waals surface area (Å²) in [6.45, 7) is 6.24. The number of rotatable bonds is 3. The zero-order valence-corrected chi connectivity index (χ0v) is 9.79. The summed E-state index contributed by atoms with van der Waals surface area (Å²) in [5.74, 6) is 0.545. The minimum absolute atomic E-state index is 0.0936. The molecule has 0 aromatic rings. The van der Waals surface area contributed by atoms with E-state index < -0.39 is 10.0 Å². The fourth-order valence-electron chi connectivity index (χ4n) is 1.90. The van der Waals surface area contributed by atoms with Crippen molar-refractivity contribution < 1.29 is 13.5 Å². The zero-order valence-electron chi connectivity index (χ0n) is 8.97. The predicted octanol–water partition coefficient (Wildman–Crippen LogP) is 0.285. The molecule has 1 N–H and O–H groups in total. The van der Waals surface area contributed by atoms with Crippen molar-refractivity contribution in [2.75, 3.05) is 18.9 Å². The van der Waals surface area contributed by atoms with E-state index in [0.29, 0.717) is 6.54 Å². The van der Waals surface area contributed by atoms with Crippen LogP contribution < -0.4 is 0 Å². The van der Waals surface area contributed by atoms with Crippen molar-refractivity contribution >= 4 is 10.0 Å². The van der Waals surface area contributed by atoms with Gasteiger partial charge in [-0.05, 0) is 11.8 Å². The van der Waals surface area contributed by atoms with Crippen molar-refractivity contribution in [1.82, 2.24) is 4.31 Å². The fraction of sp³-hybridized carbons (Fsp3) is 1.00. The Bertz CT molecular complexity index is 286. The largest absolute Gasteiger partial charge is 0.395 e. The topological polar surface area (TPSA) is 57.6 Å². The molecule has 2 atom stereocenters. The van der Waals surface area contributed by atoms with Gasteiger partial charge < -0.3 is 5.11 Å². The molecule has 0 saturated carbocycles. The summed E-state index contributed by atoms with van der Waals surface area (Å²) in [5.41, 5.74) is 0. The molecule has 0 aromatic carbocycles. The van der Waals surface area contributed by atoms with E-state index in [1.54, 1.807) is 0 Å². The Morgan fingerprint density at radius 1 is 1.50 bits per heavy atom. The molecule has 0 aliphatic carbocycles. The van der Waals surface area contributed by atoms with Crippen molar-refractivity contribution in [2.24, 2.45) is 11.8 Å². The zero-order chi connectivity index (χ0) is 10.9. The first-order valence-corrected chi connectivity index (χ1v) is 6.59. The van der Waals surface area contributed by atoms with E-state index in [1.165, 1.54) is 4.31 Å². The van der Waals surface area contributed by atoms with E-state index >= 15 is 0 Å². The molecule has 14 heavy (non-hydrogen) atoms. The molecule has 0 spiro atoms. The predicted molar refractivity (Wildman–Crippen MR) is 55.4 cm³/mol. The molecule has 0 amide bonds. The van der Waals surface area contributed by atoms with Gasteiger partial charge in [0.25, 0.3) is 0 Å². The van der Waals surface area contributed by atoms with Crippen LogP contribution in [0.3, 0.4) is 0 Å². The quantitative estimate of drug-likeness (QED) is 0.745. The van der Waals surface area contributed by atoms with Gasteiger partial charge in [-0.2, -0.15) is 4.31 Å². The van der Waals surface area contributed by atoms with Crippen molar-refractivity contribution in [2.45, 2.75) is 26.8 Å². The van der Waals surface area contributed by atoms with Gasteiger partial charge in [0.1, 0.15) is 0 Å². The van der Waals surface area contributed by atoms with Gasteiger partial charge in [-0.3, -0.25) is 0 Å².